The molecule has 3 heteroatoms. The first-order valence-electron chi connectivity index (χ1n) is 2.65. The molecule has 0 amide bonds. The number of rotatable bonds is 0. The van der Waals surface area contributed by atoms with Crippen LogP contribution in [0.15, 0.2) is 23.9 Å². The Hall–Kier alpha value is -1.09. The fraction of sp³-hybridized carbons (Fsp3) is 0.167. The molecule has 4 N–H and O–H groups in total. The van der Waals surface area contributed by atoms with Crippen molar-refractivity contribution in [3.8, 4) is 0 Å². The Balaban J connectivity index is 2.82. The second-order valence-corrected chi connectivity index (χ2v) is 1.93. The summed E-state index contributed by atoms with van der Waals surface area (Å²) in [5.41, 5.74) is 11.2. The number of hydrogen-bond donors (Lipinski definition) is 2. The van der Waals surface area contributed by atoms with Crippen LogP contribution in [0.5, 0.6) is 0 Å². The minimum atomic E-state index is -0.532. The summed E-state index contributed by atoms with van der Waals surface area (Å²) in [6, 6.07) is -0.532. The van der Waals surface area contributed by atoms with E-state index in [4.69, 9.17) is 11.5 Å². The van der Waals surface area contributed by atoms with Crippen LogP contribution in [0.3, 0.4) is 0 Å². The zero-order valence-electron chi connectivity index (χ0n) is 4.87. The fourth-order valence-corrected chi connectivity index (χ4v) is 0.634. The molecule has 1 atom stereocenters. The Morgan fingerprint density at radius 3 is 2.56 bits per heavy atom. The predicted octanol–water partition coefficient (Wildman–Crippen LogP) is -0.705. The van der Waals surface area contributed by atoms with Gasteiger partial charge in [0.05, 0.1) is 6.04 Å². The summed E-state index contributed by atoms with van der Waals surface area (Å²) in [6.45, 7) is 0. The lowest BCUT2D eigenvalue weighted by atomic mass is 10.1. The van der Waals surface area contributed by atoms with Crippen LogP contribution in [-0.4, -0.2) is 11.8 Å². The monoisotopic (exact) mass is 124 g/mol. The summed E-state index contributed by atoms with van der Waals surface area (Å²) in [6.07, 6.45) is 4.47. The lowest BCUT2D eigenvalue weighted by Gasteiger charge is -2.06. The predicted molar refractivity (Wildman–Crippen MR) is 34.4 cm³/mol. The Kier molecular flexibility index (Phi) is 1.36. The average Bonchev–Trinajstić information content (AvgIpc) is 1.80. The maximum atomic E-state index is 10.6. The number of allylic oxidation sites excluding steroid dienone is 1. The summed E-state index contributed by atoms with van der Waals surface area (Å²) < 4.78 is 0. The minimum Gasteiger partial charge on any atom is -0.399 e. The van der Waals surface area contributed by atoms with Gasteiger partial charge >= 0.3 is 0 Å². The van der Waals surface area contributed by atoms with Crippen LogP contribution in [0, 0.1) is 0 Å². The Morgan fingerprint density at radius 1 is 1.44 bits per heavy atom. The van der Waals surface area contributed by atoms with Gasteiger partial charge in [-0.05, 0) is 18.2 Å². The standard InChI is InChI=1S/C6H8N2O/c7-4-1-2-6(9)5(8)3-4/h1-3,5H,7-8H2. The molecule has 0 heterocycles. The third-order valence-electron chi connectivity index (χ3n) is 1.14. The highest BCUT2D eigenvalue weighted by molar-refractivity contribution is 5.97. The van der Waals surface area contributed by atoms with Crippen LogP contribution >= 0.6 is 0 Å². The highest BCUT2D eigenvalue weighted by Crippen LogP contribution is 1.99. The van der Waals surface area contributed by atoms with Gasteiger partial charge in [0.15, 0.2) is 5.78 Å². The average molecular weight is 124 g/mol. The molecule has 0 radical (unpaired) electrons. The van der Waals surface area contributed by atoms with Gasteiger partial charge in [0.1, 0.15) is 0 Å². The van der Waals surface area contributed by atoms with E-state index in [0.29, 0.717) is 5.70 Å². The highest BCUT2D eigenvalue weighted by atomic mass is 16.1. The first kappa shape index (κ1) is 6.04. The van der Waals surface area contributed by atoms with Crippen LogP contribution in [-0.2, 0) is 4.79 Å². The van der Waals surface area contributed by atoms with E-state index in [1.54, 1.807) is 6.08 Å². The number of ketones is 1. The van der Waals surface area contributed by atoms with E-state index in [1.807, 2.05) is 0 Å². The molecule has 0 bridgehead atoms. The first-order valence-corrected chi connectivity index (χ1v) is 2.65. The quantitative estimate of drug-likeness (QED) is 0.448. The van der Waals surface area contributed by atoms with Gasteiger partial charge in [-0.1, -0.05) is 0 Å². The first-order chi connectivity index (χ1) is 4.20. The summed E-state index contributed by atoms with van der Waals surface area (Å²) in [7, 11) is 0. The van der Waals surface area contributed by atoms with Crippen molar-refractivity contribution in [2.45, 2.75) is 6.04 Å². The van der Waals surface area contributed by atoms with Crippen LogP contribution in [0.25, 0.3) is 0 Å². The molecular weight excluding hydrogens is 116 g/mol. The van der Waals surface area contributed by atoms with Crippen LogP contribution in [0.2, 0.25) is 0 Å². The van der Waals surface area contributed by atoms with E-state index in [2.05, 4.69) is 0 Å². The number of carbonyl (C=O) groups is 1. The molecule has 9 heavy (non-hydrogen) atoms. The summed E-state index contributed by atoms with van der Waals surface area (Å²) in [5.74, 6) is -0.0933. The van der Waals surface area contributed by atoms with E-state index in [1.165, 1.54) is 12.2 Å². The van der Waals surface area contributed by atoms with Crippen molar-refractivity contribution >= 4 is 5.78 Å². The van der Waals surface area contributed by atoms with E-state index in [-0.39, 0.29) is 5.78 Å². The lowest BCUT2D eigenvalue weighted by Crippen LogP contribution is -2.29. The number of nitrogens with two attached hydrogens (primary N) is 2. The second-order valence-electron chi connectivity index (χ2n) is 1.93. The van der Waals surface area contributed by atoms with Crippen LogP contribution < -0.4 is 11.5 Å². The van der Waals surface area contributed by atoms with Gasteiger partial charge in [-0.15, -0.1) is 0 Å². The fourth-order valence-electron chi connectivity index (χ4n) is 0.634. The van der Waals surface area contributed by atoms with E-state index in [0.717, 1.165) is 0 Å². The molecule has 0 spiro atoms. The molecule has 0 saturated heterocycles. The summed E-state index contributed by atoms with van der Waals surface area (Å²) in [5, 5.41) is 0. The third-order valence-corrected chi connectivity index (χ3v) is 1.14. The molecule has 1 aliphatic rings. The topological polar surface area (TPSA) is 69.1 Å². The summed E-state index contributed by atoms with van der Waals surface area (Å²) >= 11 is 0. The van der Waals surface area contributed by atoms with Gasteiger partial charge in [-0.2, -0.15) is 0 Å². The third kappa shape index (κ3) is 1.17. The van der Waals surface area contributed by atoms with Gasteiger partial charge in [-0.25, -0.2) is 0 Å². The van der Waals surface area contributed by atoms with Gasteiger partial charge in [0.25, 0.3) is 0 Å². The molecule has 0 aromatic carbocycles. The Bertz CT molecular complexity index is 193. The molecular formula is C6H8N2O. The molecule has 0 fully saturated rings. The van der Waals surface area contributed by atoms with Crippen molar-refractivity contribution in [2.75, 3.05) is 0 Å². The molecule has 1 unspecified atom stereocenters. The normalized spacial score (nSPS) is 26.1. The Morgan fingerprint density at radius 2 is 2.11 bits per heavy atom. The van der Waals surface area contributed by atoms with Crippen molar-refractivity contribution in [3.05, 3.63) is 23.9 Å². The zero-order valence-corrected chi connectivity index (χ0v) is 4.87. The SMILES string of the molecule is NC1=CC(N)C(=O)C=C1. The van der Waals surface area contributed by atoms with Crippen molar-refractivity contribution in [1.82, 2.24) is 0 Å². The molecule has 1 aliphatic carbocycles. The van der Waals surface area contributed by atoms with E-state index in [9.17, 15) is 4.79 Å². The van der Waals surface area contributed by atoms with E-state index >= 15 is 0 Å². The van der Waals surface area contributed by atoms with Gasteiger partial charge < -0.3 is 11.5 Å². The maximum absolute atomic E-state index is 10.6. The lowest BCUT2D eigenvalue weighted by molar-refractivity contribution is -0.114. The van der Waals surface area contributed by atoms with Crippen molar-refractivity contribution in [2.24, 2.45) is 11.5 Å². The largest absolute Gasteiger partial charge is 0.399 e. The molecule has 48 valence electrons. The van der Waals surface area contributed by atoms with E-state index < -0.39 is 6.04 Å². The van der Waals surface area contributed by atoms with Gasteiger partial charge in [0.2, 0.25) is 0 Å². The molecule has 0 saturated carbocycles. The van der Waals surface area contributed by atoms with Crippen molar-refractivity contribution < 1.29 is 4.79 Å². The second kappa shape index (κ2) is 2.03. The number of carbonyl (C=O) groups excluding carboxylic acids is 1. The maximum Gasteiger partial charge on any atom is 0.176 e. The van der Waals surface area contributed by atoms with Crippen LogP contribution in [0.4, 0.5) is 0 Å². The van der Waals surface area contributed by atoms with Gasteiger partial charge in [-0.3, -0.25) is 4.79 Å². The molecule has 3 nitrogen and oxygen atoms in total. The summed E-state index contributed by atoms with van der Waals surface area (Å²) in [4.78, 5) is 10.6. The smallest absolute Gasteiger partial charge is 0.176 e. The van der Waals surface area contributed by atoms with Gasteiger partial charge in [0, 0.05) is 5.70 Å². The molecule has 0 aromatic heterocycles. The molecule has 1 rings (SSSR count). The minimum absolute atomic E-state index is 0.0933. The highest BCUT2D eigenvalue weighted by Gasteiger charge is 2.10. The number of hydrogen-bond acceptors (Lipinski definition) is 3. The molecule has 0 aliphatic heterocycles. The van der Waals surface area contributed by atoms with Crippen molar-refractivity contribution in [1.29, 1.82) is 0 Å². The van der Waals surface area contributed by atoms with Crippen LogP contribution in [0.1, 0.15) is 0 Å². The van der Waals surface area contributed by atoms with Crippen molar-refractivity contribution in [3.63, 3.8) is 0 Å². The molecule has 0 aromatic rings. The zero-order chi connectivity index (χ0) is 6.85. The Labute approximate surface area is 53.0 Å².